The van der Waals surface area contributed by atoms with Gasteiger partial charge in [-0.2, -0.15) is 0 Å². The maximum absolute atomic E-state index is 11.5. The number of rotatable bonds is 6. The highest BCUT2D eigenvalue weighted by atomic mass is 32.2. The van der Waals surface area contributed by atoms with E-state index in [2.05, 4.69) is 19.9 Å². The Labute approximate surface area is 144 Å². The lowest BCUT2D eigenvalue weighted by molar-refractivity contribution is 0.108. The SMILES string of the molecule is Cc1cc(OCC(O)c2ccc(S(C)(=O)=O)cc2)cc(C(C)C)c1. The second-order valence-electron chi connectivity index (χ2n) is 6.40. The van der Waals surface area contributed by atoms with Gasteiger partial charge in [0.05, 0.1) is 4.90 Å². The summed E-state index contributed by atoms with van der Waals surface area (Å²) < 4.78 is 28.6. The van der Waals surface area contributed by atoms with Gasteiger partial charge in [0.15, 0.2) is 9.84 Å². The summed E-state index contributed by atoms with van der Waals surface area (Å²) in [4.78, 5) is 0.236. The molecule has 0 saturated carbocycles. The van der Waals surface area contributed by atoms with Gasteiger partial charge in [0.1, 0.15) is 18.5 Å². The summed E-state index contributed by atoms with van der Waals surface area (Å²) in [5, 5.41) is 10.2. The Hall–Kier alpha value is -1.85. The molecule has 130 valence electrons. The van der Waals surface area contributed by atoms with Crippen LogP contribution in [0.1, 0.15) is 42.6 Å². The fourth-order valence-electron chi connectivity index (χ4n) is 2.40. The van der Waals surface area contributed by atoms with Gasteiger partial charge in [-0.1, -0.05) is 32.0 Å². The lowest BCUT2D eigenvalue weighted by Gasteiger charge is -2.15. The van der Waals surface area contributed by atoms with E-state index >= 15 is 0 Å². The molecule has 0 bridgehead atoms. The van der Waals surface area contributed by atoms with Crippen molar-refractivity contribution in [1.29, 1.82) is 0 Å². The van der Waals surface area contributed by atoms with Gasteiger partial charge in [0.25, 0.3) is 0 Å². The predicted octanol–water partition coefficient (Wildman–Crippen LogP) is 3.63. The third kappa shape index (κ3) is 4.82. The molecule has 1 unspecified atom stereocenters. The molecular weight excluding hydrogens is 324 g/mol. The van der Waals surface area contributed by atoms with E-state index in [0.717, 1.165) is 17.6 Å². The lowest BCUT2D eigenvalue weighted by atomic mass is 10.0. The van der Waals surface area contributed by atoms with Gasteiger partial charge in [-0.05, 0) is 53.8 Å². The zero-order valence-electron chi connectivity index (χ0n) is 14.5. The summed E-state index contributed by atoms with van der Waals surface area (Å²) in [6.45, 7) is 6.37. The molecule has 0 aromatic heterocycles. The van der Waals surface area contributed by atoms with Crippen molar-refractivity contribution in [3.63, 3.8) is 0 Å². The minimum absolute atomic E-state index is 0.110. The Kier molecular flexibility index (Phi) is 5.67. The lowest BCUT2D eigenvalue weighted by Crippen LogP contribution is -2.10. The molecule has 0 aliphatic rings. The van der Waals surface area contributed by atoms with E-state index < -0.39 is 15.9 Å². The molecule has 2 rings (SSSR count). The van der Waals surface area contributed by atoms with E-state index in [1.165, 1.54) is 17.7 Å². The standard InChI is InChI=1S/C19H24O4S/c1-13(2)16-9-14(3)10-17(11-16)23-12-19(20)15-5-7-18(8-6-15)24(4,21)22/h5-11,13,19-20H,12H2,1-4H3. The zero-order chi connectivity index (χ0) is 17.9. The molecule has 0 amide bonds. The first-order chi connectivity index (χ1) is 11.2. The largest absolute Gasteiger partial charge is 0.491 e. The molecule has 1 N–H and O–H groups in total. The van der Waals surface area contributed by atoms with Gasteiger partial charge < -0.3 is 9.84 Å². The fraction of sp³-hybridized carbons (Fsp3) is 0.368. The summed E-state index contributed by atoms with van der Waals surface area (Å²) >= 11 is 0. The van der Waals surface area contributed by atoms with E-state index in [1.54, 1.807) is 12.1 Å². The molecule has 0 aliphatic heterocycles. The number of hydrogen-bond donors (Lipinski definition) is 1. The van der Waals surface area contributed by atoms with Crippen molar-refractivity contribution in [1.82, 2.24) is 0 Å². The molecule has 2 aromatic rings. The van der Waals surface area contributed by atoms with Gasteiger partial charge in [-0.15, -0.1) is 0 Å². The summed E-state index contributed by atoms with van der Waals surface area (Å²) in [6.07, 6.45) is 0.340. The zero-order valence-corrected chi connectivity index (χ0v) is 15.3. The van der Waals surface area contributed by atoms with E-state index in [1.807, 2.05) is 19.1 Å². The molecule has 2 aromatic carbocycles. The Morgan fingerprint density at radius 2 is 1.67 bits per heavy atom. The Bertz CT molecular complexity index is 793. The van der Waals surface area contributed by atoms with Crippen molar-refractivity contribution in [2.75, 3.05) is 12.9 Å². The van der Waals surface area contributed by atoms with Crippen LogP contribution in [0, 0.1) is 6.92 Å². The van der Waals surface area contributed by atoms with Crippen molar-refractivity contribution >= 4 is 9.84 Å². The van der Waals surface area contributed by atoms with Crippen molar-refractivity contribution in [3.8, 4) is 5.75 Å². The maximum Gasteiger partial charge on any atom is 0.175 e. The molecule has 5 heteroatoms. The van der Waals surface area contributed by atoms with E-state index in [4.69, 9.17) is 4.74 Å². The van der Waals surface area contributed by atoms with Crippen LogP contribution in [0.3, 0.4) is 0 Å². The molecule has 4 nitrogen and oxygen atoms in total. The summed E-state index contributed by atoms with van der Waals surface area (Å²) in [5.41, 5.74) is 2.93. The Balaban J connectivity index is 2.07. The number of sulfone groups is 1. The van der Waals surface area contributed by atoms with Crippen molar-refractivity contribution < 1.29 is 18.3 Å². The van der Waals surface area contributed by atoms with Crippen LogP contribution >= 0.6 is 0 Å². The van der Waals surface area contributed by atoms with Crippen molar-refractivity contribution in [3.05, 3.63) is 59.2 Å². The van der Waals surface area contributed by atoms with E-state index in [0.29, 0.717) is 11.5 Å². The van der Waals surface area contributed by atoms with E-state index in [9.17, 15) is 13.5 Å². The number of ether oxygens (including phenoxy) is 1. The molecule has 0 aliphatic carbocycles. The minimum atomic E-state index is -3.23. The summed E-state index contributed by atoms with van der Waals surface area (Å²) in [5.74, 6) is 1.13. The van der Waals surface area contributed by atoms with Crippen LogP contribution in [0.15, 0.2) is 47.4 Å². The number of aryl methyl sites for hydroxylation is 1. The highest BCUT2D eigenvalue weighted by Crippen LogP contribution is 2.24. The van der Waals surface area contributed by atoms with E-state index in [-0.39, 0.29) is 11.5 Å². The average molecular weight is 348 g/mol. The van der Waals surface area contributed by atoms with Crippen LogP contribution in [0.25, 0.3) is 0 Å². The molecule has 1 atom stereocenters. The van der Waals surface area contributed by atoms with Gasteiger partial charge in [0, 0.05) is 6.26 Å². The number of benzene rings is 2. The van der Waals surface area contributed by atoms with Crippen LogP contribution in [0.5, 0.6) is 5.75 Å². The summed E-state index contributed by atoms with van der Waals surface area (Å²) in [7, 11) is -3.23. The van der Waals surface area contributed by atoms with Gasteiger partial charge in [0.2, 0.25) is 0 Å². The smallest absolute Gasteiger partial charge is 0.175 e. The molecule has 0 heterocycles. The first-order valence-corrected chi connectivity index (χ1v) is 9.78. The molecule has 0 radical (unpaired) electrons. The first-order valence-electron chi connectivity index (χ1n) is 7.89. The Morgan fingerprint density at radius 1 is 1.04 bits per heavy atom. The molecule has 24 heavy (non-hydrogen) atoms. The average Bonchev–Trinajstić information content (AvgIpc) is 2.51. The van der Waals surface area contributed by atoms with Crippen LogP contribution in [0.2, 0.25) is 0 Å². The van der Waals surface area contributed by atoms with Gasteiger partial charge >= 0.3 is 0 Å². The second-order valence-corrected chi connectivity index (χ2v) is 8.42. The first kappa shape index (κ1) is 18.5. The number of hydrogen-bond acceptors (Lipinski definition) is 4. The fourth-order valence-corrected chi connectivity index (χ4v) is 3.03. The summed E-state index contributed by atoms with van der Waals surface area (Å²) in [6, 6.07) is 12.3. The molecule has 0 spiro atoms. The number of aliphatic hydroxyl groups excluding tert-OH is 1. The van der Waals surface area contributed by atoms with Crippen LogP contribution < -0.4 is 4.74 Å². The normalized spacial score (nSPS) is 13.1. The minimum Gasteiger partial charge on any atom is -0.491 e. The van der Waals surface area contributed by atoms with Gasteiger partial charge in [-0.25, -0.2) is 8.42 Å². The van der Waals surface area contributed by atoms with Crippen LogP contribution in [-0.4, -0.2) is 26.4 Å². The van der Waals surface area contributed by atoms with Crippen molar-refractivity contribution in [2.45, 2.75) is 37.7 Å². The molecule has 0 fully saturated rings. The molecule has 0 saturated heterocycles. The topological polar surface area (TPSA) is 63.6 Å². The predicted molar refractivity (Wildman–Crippen MR) is 95.3 cm³/mol. The highest BCUT2D eigenvalue weighted by molar-refractivity contribution is 7.90. The highest BCUT2D eigenvalue weighted by Gasteiger charge is 2.12. The molecular formula is C19H24O4S. The van der Waals surface area contributed by atoms with Crippen LogP contribution in [-0.2, 0) is 9.84 Å². The van der Waals surface area contributed by atoms with Crippen LogP contribution in [0.4, 0.5) is 0 Å². The van der Waals surface area contributed by atoms with Gasteiger partial charge in [-0.3, -0.25) is 0 Å². The third-order valence-electron chi connectivity index (χ3n) is 3.84. The van der Waals surface area contributed by atoms with Crippen molar-refractivity contribution in [2.24, 2.45) is 0 Å². The maximum atomic E-state index is 11.5. The quantitative estimate of drug-likeness (QED) is 0.866. The third-order valence-corrected chi connectivity index (χ3v) is 4.97. The Morgan fingerprint density at radius 3 is 2.21 bits per heavy atom. The second kappa shape index (κ2) is 7.36. The monoisotopic (exact) mass is 348 g/mol. The number of aliphatic hydroxyl groups is 1.